The zero-order valence-corrected chi connectivity index (χ0v) is 24.4. The number of rotatable bonds is 9. The van der Waals surface area contributed by atoms with E-state index in [4.69, 9.17) is 11.6 Å². The Morgan fingerprint density at radius 3 is 1.95 bits per heavy atom. The Morgan fingerprint density at radius 1 is 0.775 bits per heavy atom. The van der Waals surface area contributed by atoms with E-state index in [1.54, 1.807) is 54.6 Å². The van der Waals surface area contributed by atoms with Crippen molar-refractivity contribution >= 4 is 54.6 Å². The van der Waals surface area contributed by atoms with Crippen LogP contribution in [-0.2, 0) is 26.6 Å². The number of amides is 1. The largest absolute Gasteiger partial charge is 0.322 e. The van der Waals surface area contributed by atoms with Crippen LogP contribution in [0.15, 0.2) is 95.9 Å². The minimum Gasteiger partial charge on any atom is -0.322 e. The molecule has 0 aromatic heterocycles. The number of carbonyl (C=O) groups excluding carboxylic acids is 1. The van der Waals surface area contributed by atoms with Crippen LogP contribution in [0.1, 0.15) is 27.0 Å². The van der Waals surface area contributed by atoms with Crippen molar-refractivity contribution in [2.75, 3.05) is 20.6 Å². The molecule has 0 unspecified atom stereocenters. The van der Waals surface area contributed by atoms with Crippen LogP contribution in [0.4, 0.5) is 17.1 Å². The first-order chi connectivity index (χ1) is 18.8. The van der Waals surface area contributed by atoms with Crippen LogP contribution < -0.4 is 14.3 Å². The van der Waals surface area contributed by atoms with Crippen molar-refractivity contribution in [2.45, 2.75) is 25.3 Å². The van der Waals surface area contributed by atoms with Crippen molar-refractivity contribution in [3.05, 3.63) is 118 Å². The van der Waals surface area contributed by atoms with Gasteiger partial charge in [0, 0.05) is 22.0 Å². The highest BCUT2D eigenvalue weighted by atomic mass is 35.5. The van der Waals surface area contributed by atoms with Crippen LogP contribution in [0.25, 0.3) is 0 Å². The van der Waals surface area contributed by atoms with Crippen LogP contribution in [0.3, 0.4) is 0 Å². The van der Waals surface area contributed by atoms with Gasteiger partial charge in [0.25, 0.3) is 15.9 Å². The van der Waals surface area contributed by atoms with Gasteiger partial charge in [0.15, 0.2) is 0 Å². The first-order valence-electron chi connectivity index (χ1n) is 12.2. The van der Waals surface area contributed by atoms with Gasteiger partial charge in [-0.15, -0.1) is 0 Å². The molecule has 1 amide bonds. The summed E-state index contributed by atoms with van der Waals surface area (Å²) in [6.45, 7) is 4.00. The summed E-state index contributed by atoms with van der Waals surface area (Å²) in [6, 6.07) is 24.2. The molecule has 0 saturated heterocycles. The Bertz CT molecular complexity index is 1740. The lowest BCUT2D eigenvalue weighted by Crippen LogP contribution is -2.29. The zero-order valence-electron chi connectivity index (χ0n) is 22.1. The summed E-state index contributed by atoms with van der Waals surface area (Å²) >= 11 is 5.84. The maximum absolute atomic E-state index is 12.8. The zero-order chi connectivity index (χ0) is 29.1. The van der Waals surface area contributed by atoms with Crippen LogP contribution in [0.5, 0.6) is 0 Å². The van der Waals surface area contributed by atoms with Gasteiger partial charge >= 0.3 is 0 Å². The van der Waals surface area contributed by atoms with Crippen molar-refractivity contribution in [3.63, 3.8) is 0 Å². The summed E-state index contributed by atoms with van der Waals surface area (Å²) in [4.78, 5) is 12.8. The fourth-order valence-electron chi connectivity index (χ4n) is 3.86. The molecule has 0 radical (unpaired) electrons. The molecule has 40 heavy (non-hydrogen) atoms. The molecule has 0 aliphatic carbocycles. The highest BCUT2D eigenvalue weighted by molar-refractivity contribution is 7.92. The molecular weight excluding hydrogens is 570 g/mol. The number of benzene rings is 4. The van der Waals surface area contributed by atoms with Crippen molar-refractivity contribution in [2.24, 2.45) is 0 Å². The molecule has 4 aromatic carbocycles. The maximum atomic E-state index is 12.8. The number of hydrogen-bond donors (Lipinski definition) is 2. The van der Waals surface area contributed by atoms with Crippen LogP contribution in [0.2, 0.25) is 5.02 Å². The van der Waals surface area contributed by atoms with Crippen molar-refractivity contribution in [3.8, 4) is 0 Å². The normalized spacial score (nSPS) is 11.6. The van der Waals surface area contributed by atoms with E-state index in [1.165, 1.54) is 28.6 Å². The number of hydrogen-bond acceptors (Lipinski definition) is 5. The molecule has 0 spiro atoms. The number of anilines is 3. The average molecular weight is 598 g/mol. The number of halogens is 1. The quantitative estimate of drug-likeness (QED) is 0.247. The van der Waals surface area contributed by atoms with Gasteiger partial charge in [0.2, 0.25) is 10.0 Å². The van der Waals surface area contributed by atoms with Crippen molar-refractivity contribution in [1.29, 1.82) is 0 Å². The molecule has 0 atom stereocenters. The molecule has 208 valence electrons. The Labute approximate surface area is 239 Å². The molecular formula is C29H28ClN3O5S2. The average Bonchev–Trinajstić information content (AvgIpc) is 2.90. The van der Waals surface area contributed by atoms with Crippen molar-refractivity contribution in [1.82, 2.24) is 0 Å². The fraction of sp³-hybridized carbons (Fsp3) is 0.138. The third-order valence-corrected chi connectivity index (χ3v) is 9.03. The van der Waals surface area contributed by atoms with Gasteiger partial charge in [-0.1, -0.05) is 29.8 Å². The maximum Gasteiger partial charge on any atom is 0.261 e. The molecule has 0 bridgehead atoms. The van der Waals surface area contributed by atoms with Gasteiger partial charge < -0.3 is 5.32 Å². The molecule has 0 heterocycles. The van der Waals surface area contributed by atoms with Crippen LogP contribution in [-0.4, -0.2) is 29.0 Å². The van der Waals surface area contributed by atoms with Gasteiger partial charge in [-0.2, -0.15) is 0 Å². The molecule has 4 rings (SSSR count). The van der Waals surface area contributed by atoms with Crippen molar-refractivity contribution < 1.29 is 21.6 Å². The second-order valence-corrected chi connectivity index (χ2v) is 13.4. The van der Waals surface area contributed by atoms with Crippen LogP contribution >= 0.6 is 11.6 Å². The predicted octanol–water partition coefficient (Wildman–Crippen LogP) is 5.98. The summed E-state index contributed by atoms with van der Waals surface area (Å²) in [5.41, 5.74) is 4.49. The van der Waals surface area contributed by atoms with Gasteiger partial charge in [0.05, 0.1) is 23.4 Å². The molecule has 2 N–H and O–H groups in total. The van der Waals surface area contributed by atoms with E-state index >= 15 is 0 Å². The molecule has 0 saturated carbocycles. The van der Waals surface area contributed by atoms with E-state index in [0.29, 0.717) is 33.2 Å². The van der Waals surface area contributed by atoms with Crippen LogP contribution in [0, 0.1) is 13.8 Å². The monoisotopic (exact) mass is 597 g/mol. The minimum absolute atomic E-state index is 0.0315. The number of nitrogens with zero attached hydrogens (tertiary/aromatic N) is 1. The summed E-state index contributed by atoms with van der Waals surface area (Å²) in [6.07, 6.45) is 1.16. The van der Waals surface area contributed by atoms with Gasteiger partial charge in [-0.05, 0) is 103 Å². The molecule has 8 nitrogen and oxygen atoms in total. The summed E-state index contributed by atoms with van der Waals surface area (Å²) in [5, 5.41) is 3.23. The van der Waals surface area contributed by atoms with E-state index < -0.39 is 26.0 Å². The second-order valence-electron chi connectivity index (χ2n) is 9.33. The van der Waals surface area contributed by atoms with Gasteiger partial charge in [-0.25, -0.2) is 16.8 Å². The van der Waals surface area contributed by atoms with E-state index in [0.717, 1.165) is 17.4 Å². The van der Waals surface area contributed by atoms with E-state index in [9.17, 15) is 21.6 Å². The smallest absolute Gasteiger partial charge is 0.261 e. The van der Waals surface area contributed by atoms with Gasteiger partial charge in [-0.3, -0.25) is 13.8 Å². The Morgan fingerprint density at radius 2 is 1.38 bits per heavy atom. The van der Waals surface area contributed by atoms with E-state index in [1.807, 2.05) is 26.0 Å². The first-order valence-corrected chi connectivity index (χ1v) is 15.9. The van der Waals surface area contributed by atoms with E-state index in [-0.39, 0.29) is 11.4 Å². The molecule has 0 aliphatic rings. The lowest BCUT2D eigenvalue weighted by Gasteiger charge is -2.23. The first kappa shape index (κ1) is 29.1. The van der Waals surface area contributed by atoms with E-state index in [2.05, 4.69) is 10.0 Å². The second kappa shape index (κ2) is 11.7. The summed E-state index contributed by atoms with van der Waals surface area (Å²) < 4.78 is 54.2. The summed E-state index contributed by atoms with van der Waals surface area (Å²) in [7, 11) is -7.37. The Balaban J connectivity index is 1.42. The van der Waals surface area contributed by atoms with Gasteiger partial charge in [0.1, 0.15) is 0 Å². The molecule has 4 aromatic rings. The highest BCUT2D eigenvalue weighted by Crippen LogP contribution is 2.24. The lowest BCUT2D eigenvalue weighted by atomic mass is 10.1. The highest BCUT2D eigenvalue weighted by Gasteiger charge is 2.19. The third kappa shape index (κ3) is 7.20. The standard InChI is InChI=1S/C29H28ClN3O5S2/c1-20-4-15-27(18-21(20)2)33(39(3,35)36)19-22-5-7-23(8-6-22)29(34)31-25-13-16-28(17-14-25)40(37,38)32-26-11-9-24(30)10-12-26/h4-18,32H,19H2,1-3H3,(H,31,34). The molecule has 11 heteroatoms. The minimum atomic E-state index is -3.83. The fourth-order valence-corrected chi connectivity index (χ4v) is 5.93. The SMILES string of the molecule is Cc1ccc(N(Cc2ccc(C(=O)Nc3ccc(S(=O)(=O)Nc4ccc(Cl)cc4)cc3)cc2)S(C)(=O)=O)cc1C. The topological polar surface area (TPSA) is 113 Å². The number of aryl methyl sites for hydroxylation is 2. The predicted molar refractivity (Wildman–Crippen MR) is 160 cm³/mol. The summed E-state index contributed by atoms with van der Waals surface area (Å²) in [5.74, 6) is -0.393. The Hall–Kier alpha value is -3.86. The molecule has 0 aliphatic heterocycles. The molecule has 0 fully saturated rings. The number of nitrogens with one attached hydrogen (secondary N) is 2. The number of carbonyl (C=O) groups is 1. The Kier molecular flexibility index (Phi) is 8.53. The lowest BCUT2D eigenvalue weighted by molar-refractivity contribution is 0.102. The number of sulfonamides is 2. The third-order valence-electron chi connectivity index (χ3n) is 6.24.